The van der Waals surface area contributed by atoms with Gasteiger partial charge in [-0.2, -0.15) is 5.10 Å². The molecule has 3 aromatic rings. The van der Waals surface area contributed by atoms with Gasteiger partial charge in [-0.3, -0.25) is 33.7 Å². The number of hydrogen-bond acceptors (Lipinski definition) is 9. The van der Waals surface area contributed by atoms with Crippen LogP contribution in [0.25, 0.3) is 10.6 Å². The standard InChI is InChI=1S/C25H25N7O5S/c33-20-11-17-25(36)31(20)7-1-2-15-10-14(3-6-26-15)24-29-19(13-38-24)22(34)28-18-12-32(16-4-8-37-9-5-16)30-21(18)23(35)27-17/h3,6,10,12-13,16-17H,1-2,4-5,7-9,11H2,(H,27,35)(H,28,34). The molecule has 3 aromatic heterocycles. The van der Waals surface area contributed by atoms with Gasteiger partial charge in [0.25, 0.3) is 17.7 Å². The van der Waals surface area contributed by atoms with Crippen LogP contribution in [0, 0.1) is 0 Å². The summed E-state index contributed by atoms with van der Waals surface area (Å²) in [4.78, 5) is 62.1. The average Bonchev–Trinajstić information content (AvgIpc) is 3.64. The lowest BCUT2D eigenvalue weighted by Gasteiger charge is -2.22. The molecule has 0 saturated carbocycles. The van der Waals surface area contributed by atoms with E-state index in [1.807, 2.05) is 12.1 Å². The molecule has 0 aliphatic carbocycles. The Kier molecular flexibility index (Phi) is 6.45. The van der Waals surface area contributed by atoms with Crippen molar-refractivity contribution in [2.75, 3.05) is 25.1 Å². The lowest BCUT2D eigenvalue weighted by atomic mass is 10.1. The zero-order valence-corrected chi connectivity index (χ0v) is 21.2. The second-order valence-electron chi connectivity index (χ2n) is 9.46. The first kappa shape index (κ1) is 24.4. The van der Waals surface area contributed by atoms with Crippen LogP contribution in [0.5, 0.6) is 0 Å². The van der Waals surface area contributed by atoms with Gasteiger partial charge in [-0.15, -0.1) is 11.3 Å². The van der Waals surface area contributed by atoms with Crippen LogP contribution < -0.4 is 10.6 Å². The molecule has 2 saturated heterocycles. The maximum absolute atomic E-state index is 13.3. The Hall–Kier alpha value is -3.97. The second-order valence-corrected chi connectivity index (χ2v) is 10.3. The highest BCUT2D eigenvalue weighted by atomic mass is 32.1. The molecule has 4 amide bonds. The van der Waals surface area contributed by atoms with E-state index in [1.54, 1.807) is 22.5 Å². The van der Waals surface area contributed by atoms with Crippen LogP contribution in [0.3, 0.4) is 0 Å². The van der Waals surface area contributed by atoms with Crippen LogP contribution in [0.2, 0.25) is 0 Å². The number of anilines is 1. The molecule has 2 fully saturated rings. The number of ether oxygens (including phenoxy) is 1. The minimum Gasteiger partial charge on any atom is -0.381 e. The highest BCUT2D eigenvalue weighted by Gasteiger charge is 2.40. The number of carbonyl (C=O) groups excluding carboxylic acids is 4. The van der Waals surface area contributed by atoms with Gasteiger partial charge < -0.3 is 15.4 Å². The zero-order chi connectivity index (χ0) is 26.2. The fraction of sp³-hybridized carbons (Fsp3) is 0.400. The van der Waals surface area contributed by atoms with Gasteiger partial charge in [0.1, 0.15) is 16.7 Å². The predicted octanol–water partition coefficient (Wildman–Crippen LogP) is 1.81. The number of thiazole rings is 1. The lowest BCUT2D eigenvalue weighted by molar-refractivity contribution is -0.138. The van der Waals surface area contributed by atoms with E-state index in [1.165, 1.54) is 16.2 Å². The van der Waals surface area contributed by atoms with Crippen LogP contribution in [-0.4, -0.2) is 74.1 Å². The molecular formula is C25H25N7O5S. The number of nitrogens with zero attached hydrogens (tertiary/aromatic N) is 5. The molecular weight excluding hydrogens is 510 g/mol. The molecule has 1 atom stereocenters. The summed E-state index contributed by atoms with van der Waals surface area (Å²) >= 11 is 1.33. The molecule has 6 bridgehead atoms. The SMILES string of the molecule is O=C1Nc2cn(C3CCOCC3)nc2C(=O)NC2CC(=O)N(CCCc3cc(ccn3)-c3nc1cs3)C2=O. The maximum atomic E-state index is 13.3. The summed E-state index contributed by atoms with van der Waals surface area (Å²) in [7, 11) is 0. The molecule has 3 aliphatic rings. The Morgan fingerprint density at radius 2 is 1.95 bits per heavy atom. The Morgan fingerprint density at radius 3 is 2.79 bits per heavy atom. The predicted molar refractivity (Wildman–Crippen MR) is 136 cm³/mol. The van der Waals surface area contributed by atoms with Crippen molar-refractivity contribution in [1.82, 2.24) is 30.0 Å². The van der Waals surface area contributed by atoms with Crippen LogP contribution in [-0.2, 0) is 20.7 Å². The Morgan fingerprint density at radius 1 is 1.11 bits per heavy atom. The van der Waals surface area contributed by atoms with E-state index in [0.717, 1.165) is 11.3 Å². The maximum Gasteiger partial charge on any atom is 0.275 e. The number of aryl methyl sites for hydroxylation is 1. The van der Waals surface area contributed by atoms with E-state index in [9.17, 15) is 19.2 Å². The van der Waals surface area contributed by atoms with E-state index in [-0.39, 0.29) is 42.0 Å². The molecule has 2 N–H and O–H groups in total. The van der Waals surface area contributed by atoms with Gasteiger partial charge in [-0.25, -0.2) is 4.98 Å². The summed E-state index contributed by atoms with van der Waals surface area (Å²) in [5, 5.41) is 12.2. The first-order valence-corrected chi connectivity index (χ1v) is 13.4. The number of carbonyl (C=O) groups is 4. The molecule has 1 unspecified atom stereocenters. The Balaban J connectivity index is 1.37. The fourth-order valence-electron chi connectivity index (χ4n) is 4.91. The number of hydrogen-bond donors (Lipinski definition) is 2. The molecule has 3 aliphatic heterocycles. The lowest BCUT2D eigenvalue weighted by Crippen LogP contribution is -2.42. The van der Waals surface area contributed by atoms with Crippen molar-refractivity contribution in [3.63, 3.8) is 0 Å². The number of nitrogens with one attached hydrogen (secondary N) is 2. The summed E-state index contributed by atoms with van der Waals surface area (Å²) in [6, 6.07) is 2.73. The third-order valence-corrected chi connectivity index (χ3v) is 7.82. The van der Waals surface area contributed by atoms with Crippen LogP contribution in [0.15, 0.2) is 29.9 Å². The number of imide groups is 1. The number of fused-ring (bicyclic) bond motifs is 8. The van der Waals surface area contributed by atoms with Crippen LogP contribution in [0.4, 0.5) is 5.69 Å². The van der Waals surface area contributed by atoms with Crippen molar-refractivity contribution in [1.29, 1.82) is 0 Å². The third kappa shape index (κ3) is 4.70. The molecule has 6 heterocycles. The Labute approximate surface area is 221 Å². The largest absolute Gasteiger partial charge is 0.381 e. The van der Waals surface area contributed by atoms with Crippen molar-refractivity contribution in [2.24, 2.45) is 0 Å². The smallest absolute Gasteiger partial charge is 0.275 e. The van der Waals surface area contributed by atoms with Crippen LogP contribution >= 0.6 is 11.3 Å². The molecule has 0 aromatic carbocycles. The number of aromatic nitrogens is 4. The molecule has 196 valence electrons. The molecule has 6 rings (SSSR count). The van der Waals surface area contributed by atoms with Gasteiger partial charge in [-0.1, -0.05) is 0 Å². The number of amides is 4. The van der Waals surface area contributed by atoms with E-state index in [4.69, 9.17) is 4.74 Å². The summed E-state index contributed by atoms with van der Waals surface area (Å²) in [6.45, 7) is 1.37. The van der Waals surface area contributed by atoms with E-state index < -0.39 is 23.8 Å². The van der Waals surface area contributed by atoms with E-state index in [0.29, 0.717) is 43.9 Å². The molecule has 13 heteroatoms. The fourth-order valence-corrected chi connectivity index (χ4v) is 5.71. The molecule has 0 radical (unpaired) electrons. The van der Waals surface area contributed by atoms with Crippen molar-refractivity contribution in [3.05, 3.63) is 47.0 Å². The summed E-state index contributed by atoms with van der Waals surface area (Å²) < 4.78 is 7.10. The minimum atomic E-state index is -0.992. The number of rotatable bonds is 1. The third-order valence-electron chi connectivity index (χ3n) is 6.92. The van der Waals surface area contributed by atoms with Gasteiger partial charge in [0.15, 0.2) is 5.69 Å². The van der Waals surface area contributed by atoms with Gasteiger partial charge >= 0.3 is 0 Å². The zero-order valence-electron chi connectivity index (χ0n) is 20.4. The van der Waals surface area contributed by atoms with Crippen molar-refractivity contribution in [2.45, 2.75) is 44.2 Å². The topological polar surface area (TPSA) is 148 Å². The van der Waals surface area contributed by atoms with Gasteiger partial charge in [0, 0.05) is 48.8 Å². The van der Waals surface area contributed by atoms with Crippen molar-refractivity contribution >= 4 is 40.7 Å². The Bertz CT molecular complexity index is 1430. The second kappa shape index (κ2) is 10.1. The van der Waals surface area contributed by atoms with E-state index in [2.05, 4.69) is 25.7 Å². The number of pyridine rings is 1. The quantitative estimate of drug-likeness (QED) is 0.448. The first-order chi connectivity index (χ1) is 18.5. The minimum absolute atomic E-state index is 0.000460. The van der Waals surface area contributed by atoms with Gasteiger partial charge in [-0.05, 0) is 37.8 Å². The molecule has 0 spiro atoms. The van der Waals surface area contributed by atoms with E-state index >= 15 is 0 Å². The normalized spacial score (nSPS) is 20.9. The van der Waals surface area contributed by atoms with Gasteiger partial charge in [0.2, 0.25) is 5.91 Å². The first-order valence-electron chi connectivity index (χ1n) is 12.5. The monoisotopic (exact) mass is 535 g/mol. The summed E-state index contributed by atoms with van der Waals surface area (Å²) in [6.07, 6.45) is 5.68. The van der Waals surface area contributed by atoms with Gasteiger partial charge in [0.05, 0.1) is 18.2 Å². The highest BCUT2D eigenvalue weighted by Crippen LogP contribution is 2.27. The summed E-state index contributed by atoms with van der Waals surface area (Å²) in [5.41, 5.74) is 2.00. The summed E-state index contributed by atoms with van der Waals surface area (Å²) in [5.74, 6) is -1.91. The molecule has 38 heavy (non-hydrogen) atoms. The average molecular weight is 536 g/mol. The van der Waals surface area contributed by atoms with Crippen LogP contribution in [0.1, 0.15) is 58.4 Å². The van der Waals surface area contributed by atoms with Crippen molar-refractivity contribution in [3.8, 4) is 10.6 Å². The highest BCUT2D eigenvalue weighted by molar-refractivity contribution is 7.13. The molecule has 12 nitrogen and oxygen atoms in total. The van der Waals surface area contributed by atoms with Crippen molar-refractivity contribution < 1.29 is 23.9 Å².